The number of anilines is 1. The van der Waals surface area contributed by atoms with Crippen molar-refractivity contribution in [2.45, 2.75) is 10.9 Å². The lowest BCUT2D eigenvalue weighted by molar-refractivity contribution is -0.386. The molecule has 1 fully saturated rings. The molecule has 10 heteroatoms. The highest BCUT2D eigenvalue weighted by atomic mass is 32.2. The number of rotatable bonds is 7. The molecule has 3 rings (SSSR count). The van der Waals surface area contributed by atoms with Crippen LogP contribution in [0.1, 0.15) is 11.6 Å². The summed E-state index contributed by atoms with van der Waals surface area (Å²) in [6.45, 7) is 2.72. The van der Waals surface area contributed by atoms with Crippen molar-refractivity contribution in [3.8, 4) is 0 Å². The van der Waals surface area contributed by atoms with Gasteiger partial charge in [0.05, 0.1) is 24.2 Å². The van der Waals surface area contributed by atoms with Crippen molar-refractivity contribution in [1.82, 2.24) is 4.90 Å². The maximum atomic E-state index is 13.4. The summed E-state index contributed by atoms with van der Waals surface area (Å²) in [4.78, 5) is 12.7. The third kappa shape index (κ3) is 5.08. The first kappa shape index (κ1) is 21.2. The zero-order chi connectivity index (χ0) is 21.0. The summed E-state index contributed by atoms with van der Waals surface area (Å²) in [5.41, 5.74) is 0.496. The first-order chi connectivity index (χ1) is 13.8. The molecule has 156 valence electrons. The van der Waals surface area contributed by atoms with Crippen molar-refractivity contribution in [2.75, 3.05) is 44.4 Å². The van der Waals surface area contributed by atoms with Gasteiger partial charge in [0.1, 0.15) is 16.4 Å². The summed E-state index contributed by atoms with van der Waals surface area (Å²) in [6.07, 6.45) is 0.939. The van der Waals surface area contributed by atoms with E-state index in [9.17, 15) is 22.9 Å². The van der Waals surface area contributed by atoms with Gasteiger partial charge in [-0.15, -0.1) is 0 Å². The number of morpholine rings is 1. The molecule has 1 unspecified atom stereocenters. The van der Waals surface area contributed by atoms with Crippen LogP contribution >= 0.6 is 0 Å². The number of nitrogens with one attached hydrogen (secondary N) is 1. The number of hydrogen-bond acceptors (Lipinski definition) is 7. The van der Waals surface area contributed by atoms with Gasteiger partial charge in [-0.25, -0.2) is 12.8 Å². The van der Waals surface area contributed by atoms with Crippen molar-refractivity contribution in [3.05, 3.63) is 64.0 Å². The van der Waals surface area contributed by atoms with Gasteiger partial charge in [0.2, 0.25) is 0 Å². The molecule has 1 heterocycles. The molecule has 0 amide bonds. The first-order valence-corrected chi connectivity index (χ1v) is 10.9. The SMILES string of the molecule is CS(=O)(=O)c1cccc(NCC(c2ccc(F)cc2)N2CCOCC2)c1[N+](=O)[O-]. The second-order valence-electron chi connectivity index (χ2n) is 6.78. The summed E-state index contributed by atoms with van der Waals surface area (Å²) >= 11 is 0. The number of para-hydroxylation sites is 1. The largest absolute Gasteiger partial charge is 0.379 e. The average Bonchev–Trinajstić information content (AvgIpc) is 2.69. The number of nitro benzene ring substituents is 1. The van der Waals surface area contributed by atoms with Crippen molar-refractivity contribution in [1.29, 1.82) is 0 Å². The predicted octanol–water partition coefficient (Wildman–Crippen LogP) is 2.62. The highest BCUT2D eigenvalue weighted by molar-refractivity contribution is 7.90. The van der Waals surface area contributed by atoms with Crippen LogP contribution < -0.4 is 5.32 Å². The van der Waals surface area contributed by atoms with Crippen molar-refractivity contribution >= 4 is 21.2 Å². The van der Waals surface area contributed by atoms with Gasteiger partial charge in [-0.05, 0) is 29.8 Å². The Bertz CT molecular complexity index is 976. The van der Waals surface area contributed by atoms with E-state index in [1.165, 1.54) is 30.3 Å². The van der Waals surface area contributed by atoms with Gasteiger partial charge in [0.25, 0.3) is 0 Å². The molecule has 1 aliphatic rings. The topological polar surface area (TPSA) is 102 Å². The van der Waals surface area contributed by atoms with E-state index in [1.54, 1.807) is 12.1 Å². The molecular weight excluding hydrogens is 401 g/mol. The lowest BCUT2D eigenvalue weighted by Gasteiger charge is -2.35. The first-order valence-electron chi connectivity index (χ1n) is 9.06. The number of sulfone groups is 1. The average molecular weight is 423 g/mol. The third-order valence-corrected chi connectivity index (χ3v) is 5.94. The summed E-state index contributed by atoms with van der Waals surface area (Å²) in [6, 6.07) is 10.1. The number of nitrogens with zero attached hydrogens (tertiary/aromatic N) is 2. The Balaban J connectivity index is 1.91. The fraction of sp³-hybridized carbons (Fsp3) is 0.368. The Hall–Kier alpha value is -2.56. The molecule has 1 saturated heterocycles. The Morgan fingerprint density at radius 1 is 1.21 bits per heavy atom. The summed E-state index contributed by atoms with van der Waals surface area (Å²) < 4.78 is 42.7. The van der Waals surface area contributed by atoms with E-state index in [4.69, 9.17) is 4.74 Å². The van der Waals surface area contributed by atoms with Gasteiger partial charge < -0.3 is 10.1 Å². The Labute approximate surface area is 168 Å². The van der Waals surface area contributed by atoms with Crippen LogP contribution in [-0.2, 0) is 14.6 Å². The van der Waals surface area contributed by atoms with Gasteiger partial charge in [-0.3, -0.25) is 15.0 Å². The molecule has 2 aromatic rings. The van der Waals surface area contributed by atoms with Crippen LogP contribution in [0.15, 0.2) is 47.4 Å². The number of nitro groups is 1. The van der Waals surface area contributed by atoms with E-state index in [2.05, 4.69) is 10.2 Å². The molecule has 0 saturated carbocycles. The minimum absolute atomic E-state index is 0.123. The van der Waals surface area contributed by atoms with Crippen molar-refractivity contribution in [3.63, 3.8) is 0 Å². The number of halogens is 1. The summed E-state index contributed by atoms with van der Waals surface area (Å²) in [5, 5.41) is 14.6. The van der Waals surface area contributed by atoms with Gasteiger partial charge in [0.15, 0.2) is 9.84 Å². The molecule has 1 atom stereocenters. The summed E-state index contributed by atoms with van der Waals surface area (Å²) in [5.74, 6) is -0.348. The Morgan fingerprint density at radius 2 is 1.86 bits per heavy atom. The molecule has 1 N–H and O–H groups in total. The van der Waals surface area contributed by atoms with Crippen LogP contribution in [0.3, 0.4) is 0 Å². The van der Waals surface area contributed by atoms with Gasteiger partial charge in [-0.1, -0.05) is 18.2 Å². The summed E-state index contributed by atoms with van der Waals surface area (Å²) in [7, 11) is -3.77. The normalized spacial score (nSPS) is 16.3. The molecule has 8 nitrogen and oxygen atoms in total. The number of hydrogen-bond donors (Lipinski definition) is 1. The van der Waals surface area contributed by atoms with Crippen LogP contribution in [0.25, 0.3) is 0 Å². The van der Waals surface area contributed by atoms with E-state index in [0.29, 0.717) is 26.3 Å². The fourth-order valence-electron chi connectivity index (χ4n) is 3.39. The Morgan fingerprint density at radius 3 is 2.45 bits per heavy atom. The van der Waals surface area contributed by atoms with Crippen LogP contribution in [0, 0.1) is 15.9 Å². The van der Waals surface area contributed by atoms with E-state index in [1.807, 2.05) is 0 Å². The molecule has 0 bridgehead atoms. The molecule has 2 aromatic carbocycles. The van der Waals surface area contributed by atoms with Crippen LogP contribution in [0.2, 0.25) is 0 Å². The van der Waals surface area contributed by atoms with Crippen LogP contribution in [0.4, 0.5) is 15.8 Å². The maximum Gasteiger partial charge on any atom is 0.310 e. The molecule has 29 heavy (non-hydrogen) atoms. The standard InChI is InChI=1S/C19H22FN3O5S/c1-29(26,27)18-4-2-3-16(19(18)23(24)25)21-13-17(22-9-11-28-12-10-22)14-5-7-15(20)8-6-14/h2-8,17,21H,9-13H2,1H3. The maximum absolute atomic E-state index is 13.4. The molecule has 0 aliphatic carbocycles. The quantitative estimate of drug-likeness (QED) is 0.539. The van der Waals surface area contributed by atoms with E-state index in [-0.39, 0.29) is 29.0 Å². The second-order valence-corrected chi connectivity index (χ2v) is 8.76. The van der Waals surface area contributed by atoms with Gasteiger partial charge in [-0.2, -0.15) is 0 Å². The second kappa shape index (κ2) is 8.85. The highest BCUT2D eigenvalue weighted by Crippen LogP contribution is 2.33. The van der Waals surface area contributed by atoms with E-state index >= 15 is 0 Å². The lowest BCUT2D eigenvalue weighted by Crippen LogP contribution is -2.41. The zero-order valence-electron chi connectivity index (χ0n) is 15.9. The Kier molecular flexibility index (Phi) is 6.46. The molecule has 0 spiro atoms. The smallest absolute Gasteiger partial charge is 0.310 e. The van der Waals surface area contributed by atoms with Crippen molar-refractivity contribution < 1.29 is 22.5 Å². The number of ether oxygens (including phenoxy) is 1. The lowest BCUT2D eigenvalue weighted by atomic mass is 10.0. The molecule has 0 aromatic heterocycles. The highest BCUT2D eigenvalue weighted by Gasteiger charge is 2.28. The van der Waals surface area contributed by atoms with Gasteiger partial charge in [0, 0.05) is 25.9 Å². The molecule has 0 radical (unpaired) electrons. The molecule has 1 aliphatic heterocycles. The number of benzene rings is 2. The monoisotopic (exact) mass is 423 g/mol. The zero-order valence-corrected chi connectivity index (χ0v) is 16.7. The molecular formula is C19H22FN3O5S. The minimum Gasteiger partial charge on any atom is -0.379 e. The minimum atomic E-state index is -3.77. The van der Waals surface area contributed by atoms with E-state index < -0.39 is 20.4 Å². The van der Waals surface area contributed by atoms with Crippen LogP contribution in [0.5, 0.6) is 0 Å². The van der Waals surface area contributed by atoms with E-state index in [0.717, 1.165) is 11.8 Å². The third-order valence-electron chi connectivity index (χ3n) is 4.81. The predicted molar refractivity (Wildman–Crippen MR) is 106 cm³/mol. The van der Waals surface area contributed by atoms with Crippen molar-refractivity contribution in [2.24, 2.45) is 0 Å². The fourth-order valence-corrected chi connectivity index (χ4v) is 4.25. The van der Waals surface area contributed by atoms with Gasteiger partial charge >= 0.3 is 5.69 Å². The van der Waals surface area contributed by atoms with Crippen LogP contribution in [-0.4, -0.2) is 57.3 Å².